The number of amides is 1. The second-order valence-corrected chi connectivity index (χ2v) is 6.02. The lowest BCUT2D eigenvalue weighted by Crippen LogP contribution is -2.42. The molecule has 0 aliphatic rings. The van der Waals surface area contributed by atoms with Crippen molar-refractivity contribution in [3.63, 3.8) is 0 Å². The molecule has 2 aromatic carbocycles. The van der Waals surface area contributed by atoms with Crippen LogP contribution in [0.1, 0.15) is 21.5 Å². The van der Waals surface area contributed by atoms with Crippen LogP contribution in [0.4, 0.5) is 13.2 Å². The fourth-order valence-corrected chi connectivity index (χ4v) is 2.61. The van der Waals surface area contributed by atoms with Crippen LogP contribution in [0.2, 0.25) is 5.02 Å². The average molecular weight is 402 g/mol. The third-order valence-electron chi connectivity index (χ3n) is 3.73. The lowest BCUT2D eigenvalue weighted by molar-refractivity contribution is -0.139. The van der Waals surface area contributed by atoms with Crippen LogP contribution in [0.25, 0.3) is 0 Å². The molecule has 9 heteroatoms. The number of carbonyl (C=O) groups excluding carboxylic acids is 1. The zero-order valence-corrected chi connectivity index (χ0v) is 14.8. The highest BCUT2D eigenvalue weighted by Crippen LogP contribution is 2.29. The minimum atomic E-state index is -4.52. The van der Waals surface area contributed by atoms with E-state index in [1.165, 1.54) is 13.2 Å². The summed E-state index contributed by atoms with van der Waals surface area (Å²) in [5.41, 5.74) is -0.440. The number of rotatable bonds is 6. The van der Waals surface area contributed by atoms with Gasteiger partial charge in [-0.15, -0.1) is 0 Å². The van der Waals surface area contributed by atoms with Crippen molar-refractivity contribution in [3.05, 3.63) is 64.2 Å². The maximum atomic E-state index is 12.6. The van der Waals surface area contributed by atoms with E-state index in [1.54, 1.807) is 12.1 Å². The minimum absolute atomic E-state index is 0.0641. The predicted molar refractivity (Wildman–Crippen MR) is 92.0 cm³/mol. The van der Waals surface area contributed by atoms with E-state index in [9.17, 15) is 27.9 Å². The number of halogens is 4. The topological polar surface area (TPSA) is 75.6 Å². The summed E-state index contributed by atoms with van der Waals surface area (Å²) in [7, 11) is 1.44. The van der Waals surface area contributed by atoms with Gasteiger partial charge in [0.2, 0.25) is 0 Å². The molecule has 0 aliphatic carbocycles. The van der Waals surface area contributed by atoms with E-state index >= 15 is 0 Å². The molecule has 0 heterocycles. The van der Waals surface area contributed by atoms with Crippen molar-refractivity contribution in [1.82, 2.24) is 5.32 Å². The van der Waals surface area contributed by atoms with Gasteiger partial charge in [0.05, 0.1) is 17.7 Å². The van der Waals surface area contributed by atoms with Gasteiger partial charge in [-0.1, -0.05) is 17.7 Å². The van der Waals surface area contributed by atoms with Crippen molar-refractivity contribution in [2.24, 2.45) is 0 Å². The van der Waals surface area contributed by atoms with Gasteiger partial charge in [0.15, 0.2) is 0 Å². The number of ether oxygens (including phenoxy) is 1. The highest BCUT2D eigenvalue weighted by Gasteiger charge is 2.30. The van der Waals surface area contributed by atoms with Crippen molar-refractivity contribution in [1.29, 1.82) is 0 Å². The van der Waals surface area contributed by atoms with E-state index < -0.39 is 29.7 Å². The summed E-state index contributed by atoms with van der Waals surface area (Å²) in [6.07, 6.45) is -4.59. The Kier molecular flexibility index (Phi) is 6.32. The van der Waals surface area contributed by atoms with E-state index in [4.69, 9.17) is 16.3 Å². The molecule has 27 heavy (non-hydrogen) atoms. The van der Waals surface area contributed by atoms with Crippen LogP contribution in [-0.2, 0) is 17.4 Å². The lowest BCUT2D eigenvalue weighted by Gasteiger charge is -2.16. The summed E-state index contributed by atoms with van der Waals surface area (Å²) < 4.78 is 42.7. The molecule has 0 spiro atoms. The first-order valence-electron chi connectivity index (χ1n) is 7.65. The third-order valence-corrected chi connectivity index (χ3v) is 4.03. The molecule has 0 saturated heterocycles. The Morgan fingerprint density at radius 3 is 2.30 bits per heavy atom. The van der Waals surface area contributed by atoms with Gasteiger partial charge in [0.25, 0.3) is 5.91 Å². The number of carboxylic acids is 1. The monoisotopic (exact) mass is 401 g/mol. The van der Waals surface area contributed by atoms with Crippen molar-refractivity contribution < 1.29 is 32.6 Å². The molecule has 1 amide bonds. The van der Waals surface area contributed by atoms with Gasteiger partial charge in [-0.25, -0.2) is 4.79 Å². The van der Waals surface area contributed by atoms with Gasteiger partial charge in [0, 0.05) is 12.0 Å². The summed E-state index contributed by atoms with van der Waals surface area (Å²) in [6, 6.07) is 6.88. The standard InChI is InChI=1S/C18H15ClF3NO4/c1-27-15-7-2-10(8-13(15)19)9-14(17(25)26)23-16(24)11-3-5-12(6-4-11)18(20,21)22/h2-8,14H,9H2,1H3,(H,23,24)(H,25,26)/t14-/m0/s1. The van der Waals surface area contributed by atoms with E-state index in [2.05, 4.69) is 5.32 Å². The summed E-state index contributed by atoms with van der Waals surface area (Å²) in [4.78, 5) is 23.6. The Balaban J connectivity index is 2.12. The van der Waals surface area contributed by atoms with E-state index in [-0.39, 0.29) is 17.0 Å². The first kappa shape index (κ1) is 20.6. The molecule has 1 atom stereocenters. The first-order valence-corrected chi connectivity index (χ1v) is 8.03. The number of hydrogen-bond acceptors (Lipinski definition) is 3. The van der Waals surface area contributed by atoms with Crippen LogP contribution in [-0.4, -0.2) is 30.1 Å². The van der Waals surface area contributed by atoms with Crippen LogP contribution in [0, 0.1) is 0 Å². The normalized spacial score (nSPS) is 12.3. The summed E-state index contributed by atoms with van der Waals surface area (Å²) in [5, 5.41) is 11.9. The molecule has 0 fully saturated rings. The Bertz CT molecular complexity index is 837. The molecule has 0 radical (unpaired) electrons. The fraction of sp³-hybridized carbons (Fsp3) is 0.222. The number of alkyl halides is 3. The highest BCUT2D eigenvalue weighted by molar-refractivity contribution is 6.32. The number of carbonyl (C=O) groups is 2. The zero-order valence-electron chi connectivity index (χ0n) is 14.0. The molecule has 0 aromatic heterocycles. The molecule has 0 saturated carbocycles. The number of aliphatic carboxylic acids is 1. The number of methoxy groups -OCH3 is 1. The number of nitrogens with one attached hydrogen (secondary N) is 1. The summed E-state index contributed by atoms with van der Waals surface area (Å²) >= 11 is 5.99. The molecule has 2 N–H and O–H groups in total. The molecule has 0 bridgehead atoms. The Hall–Kier alpha value is -2.74. The number of carboxylic acid groups (broad SMARTS) is 1. The largest absolute Gasteiger partial charge is 0.495 e. The smallest absolute Gasteiger partial charge is 0.416 e. The molecule has 2 rings (SSSR count). The number of benzene rings is 2. The summed E-state index contributed by atoms with van der Waals surface area (Å²) in [5.74, 6) is -1.67. The molecule has 5 nitrogen and oxygen atoms in total. The molecule has 0 aliphatic heterocycles. The van der Waals surface area contributed by atoms with Gasteiger partial charge in [-0.2, -0.15) is 13.2 Å². The molecule has 2 aromatic rings. The van der Waals surface area contributed by atoms with Crippen LogP contribution in [0.3, 0.4) is 0 Å². The fourth-order valence-electron chi connectivity index (χ4n) is 2.32. The van der Waals surface area contributed by atoms with Crippen molar-refractivity contribution in [3.8, 4) is 5.75 Å². The van der Waals surface area contributed by atoms with Gasteiger partial charge in [-0.3, -0.25) is 4.79 Å². The van der Waals surface area contributed by atoms with Crippen LogP contribution < -0.4 is 10.1 Å². The van der Waals surface area contributed by atoms with Crippen molar-refractivity contribution >= 4 is 23.5 Å². The Morgan fingerprint density at radius 1 is 1.19 bits per heavy atom. The minimum Gasteiger partial charge on any atom is -0.495 e. The SMILES string of the molecule is COc1ccc(C[C@H](NC(=O)c2ccc(C(F)(F)F)cc2)C(=O)O)cc1Cl. The van der Waals surface area contributed by atoms with Crippen LogP contribution in [0.15, 0.2) is 42.5 Å². The van der Waals surface area contributed by atoms with Gasteiger partial charge >= 0.3 is 12.1 Å². The van der Waals surface area contributed by atoms with E-state index in [0.29, 0.717) is 11.3 Å². The summed E-state index contributed by atoms with van der Waals surface area (Å²) in [6.45, 7) is 0. The number of hydrogen-bond donors (Lipinski definition) is 2. The second kappa shape index (κ2) is 8.30. The second-order valence-electron chi connectivity index (χ2n) is 5.61. The maximum Gasteiger partial charge on any atom is 0.416 e. The van der Waals surface area contributed by atoms with Crippen LogP contribution >= 0.6 is 11.6 Å². The molecular formula is C18H15ClF3NO4. The predicted octanol–water partition coefficient (Wildman–Crippen LogP) is 3.79. The molecule has 144 valence electrons. The van der Waals surface area contributed by atoms with Gasteiger partial charge in [0.1, 0.15) is 11.8 Å². The van der Waals surface area contributed by atoms with Crippen molar-refractivity contribution in [2.45, 2.75) is 18.6 Å². The van der Waals surface area contributed by atoms with Gasteiger partial charge in [-0.05, 0) is 42.0 Å². The van der Waals surface area contributed by atoms with Crippen molar-refractivity contribution in [2.75, 3.05) is 7.11 Å². The first-order chi connectivity index (χ1) is 12.6. The van der Waals surface area contributed by atoms with Crippen LogP contribution in [0.5, 0.6) is 5.75 Å². The van der Waals surface area contributed by atoms with Gasteiger partial charge < -0.3 is 15.2 Å². The molecular weight excluding hydrogens is 387 g/mol. The Labute approximate surface area is 157 Å². The Morgan fingerprint density at radius 2 is 1.81 bits per heavy atom. The maximum absolute atomic E-state index is 12.6. The lowest BCUT2D eigenvalue weighted by atomic mass is 10.0. The molecule has 0 unspecified atom stereocenters. The highest BCUT2D eigenvalue weighted by atomic mass is 35.5. The van der Waals surface area contributed by atoms with E-state index in [1.807, 2.05) is 0 Å². The third kappa shape index (κ3) is 5.37. The average Bonchev–Trinajstić information content (AvgIpc) is 2.60. The quantitative estimate of drug-likeness (QED) is 0.772. The van der Waals surface area contributed by atoms with E-state index in [0.717, 1.165) is 24.3 Å². The zero-order chi connectivity index (χ0) is 20.2.